The topological polar surface area (TPSA) is 44.1 Å². The largest absolute Gasteiger partial charge is 0.370 e. The average molecular weight is 318 g/mol. The van der Waals surface area contributed by atoms with Gasteiger partial charge in [0.05, 0.1) is 11.3 Å². The van der Waals surface area contributed by atoms with Gasteiger partial charge in [-0.25, -0.2) is 0 Å². The molecule has 1 saturated heterocycles. The summed E-state index contributed by atoms with van der Waals surface area (Å²) in [5.74, 6) is 0.607. The van der Waals surface area contributed by atoms with Gasteiger partial charge in [0.2, 0.25) is 0 Å². The molecular weight excluding hydrogens is 296 g/mol. The monoisotopic (exact) mass is 318 g/mol. The van der Waals surface area contributed by atoms with E-state index in [4.69, 9.17) is 0 Å². The highest BCUT2D eigenvalue weighted by Crippen LogP contribution is 2.31. The molecule has 0 radical (unpaired) electrons. The van der Waals surface area contributed by atoms with Gasteiger partial charge in [-0.15, -0.1) is 0 Å². The van der Waals surface area contributed by atoms with Crippen molar-refractivity contribution in [3.8, 4) is 6.07 Å². The van der Waals surface area contributed by atoms with E-state index < -0.39 is 0 Å². The van der Waals surface area contributed by atoms with Crippen LogP contribution in [0.5, 0.6) is 0 Å². The third-order valence-electron chi connectivity index (χ3n) is 4.86. The zero-order valence-corrected chi connectivity index (χ0v) is 14.0. The van der Waals surface area contributed by atoms with Gasteiger partial charge in [-0.3, -0.25) is 4.79 Å². The van der Waals surface area contributed by atoms with Crippen molar-refractivity contribution >= 4 is 11.5 Å². The number of ketones is 1. The van der Waals surface area contributed by atoms with Crippen molar-refractivity contribution in [1.82, 2.24) is 0 Å². The third-order valence-corrected chi connectivity index (χ3v) is 4.86. The second-order valence-electron chi connectivity index (χ2n) is 6.43. The molecule has 0 saturated carbocycles. The molecule has 0 bridgehead atoms. The number of nitrogens with zero attached hydrogens (tertiary/aromatic N) is 2. The summed E-state index contributed by atoms with van der Waals surface area (Å²) < 4.78 is 0. The molecule has 122 valence electrons. The number of benzene rings is 2. The molecule has 2 aromatic rings. The second-order valence-corrected chi connectivity index (χ2v) is 6.43. The fraction of sp³-hybridized carbons (Fsp3) is 0.333. The summed E-state index contributed by atoms with van der Waals surface area (Å²) in [6.45, 7) is 3.41. The molecule has 0 spiro atoms. The Labute approximate surface area is 143 Å². The van der Waals surface area contributed by atoms with Crippen LogP contribution < -0.4 is 4.90 Å². The molecule has 0 amide bonds. The molecule has 1 aliphatic rings. The lowest BCUT2D eigenvalue weighted by molar-refractivity contribution is 0.101. The molecule has 1 heterocycles. The predicted octanol–water partition coefficient (Wildman–Crippen LogP) is 4.53. The smallest absolute Gasteiger partial charge is 0.159 e. The van der Waals surface area contributed by atoms with E-state index in [0.717, 1.165) is 38.0 Å². The first-order valence-corrected chi connectivity index (χ1v) is 8.54. The molecule has 2 aromatic carbocycles. The van der Waals surface area contributed by atoms with E-state index in [2.05, 4.69) is 41.3 Å². The molecule has 1 fully saturated rings. The molecule has 3 heteroatoms. The van der Waals surface area contributed by atoms with Crippen LogP contribution >= 0.6 is 0 Å². The van der Waals surface area contributed by atoms with Crippen LogP contribution in [-0.2, 0) is 0 Å². The summed E-state index contributed by atoms with van der Waals surface area (Å²) >= 11 is 0. The number of anilines is 1. The minimum atomic E-state index is 0.0396. The van der Waals surface area contributed by atoms with Crippen molar-refractivity contribution in [2.24, 2.45) is 0 Å². The Morgan fingerprint density at radius 3 is 2.62 bits per heavy atom. The van der Waals surface area contributed by atoms with E-state index in [1.165, 1.54) is 5.56 Å². The summed E-state index contributed by atoms with van der Waals surface area (Å²) in [7, 11) is 0. The van der Waals surface area contributed by atoms with Crippen LogP contribution in [0.2, 0.25) is 0 Å². The molecule has 0 aromatic heterocycles. The molecule has 1 atom stereocenters. The van der Waals surface area contributed by atoms with Crippen molar-refractivity contribution in [3.05, 3.63) is 65.2 Å². The molecular formula is C21H22N2O. The molecule has 24 heavy (non-hydrogen) atoms. The quantitative estimate of drug-likeness (QED) is 0.781. The number of Topliss-reactive ketones (excluding diaryl/α,β-unsaturated/α-hetero) is 1. The molecule has 0 aliphatic carbocycles. The lowest BCUT2D eigenvalue weighted by Gasteiger charge is -2.24. The van der Waals surface area contributed by atoms with E-state index in [0.29, 0.717) is 17.0 Å². The Morgan fingerprint density at radius 1 is 1.12 bits per heavy atom. The Morgan fingerprint density at radius 2 is 1.92 bits per heavy atom. The van der Waals surface area contributed by atoms with Crippen LogP contribution in [0.25, 0.3) is 0 Å². The molecule has 1 unspecified atom stereocenters. The molecule has 3 nitrogen and oxygen atoms in total. The first kappa shape index (κ1) is 16.3. The van der Waals surface area contributed by atoms with Crippen LogP contribution in [0.15, 0.2) is 48.5 Å². The van der Waals surface area contributed by atoms with Crippen molar-refractivity contribution in [2.45, 2.75) is 32.1 Å². The maximum absolute atomic E-state index is 11.7. The van der Waals surface area contributed by atoms with Gasteiger partial charge in [-0.05, 0) is 55.9 Å². The van der Waals surface area contributed by atoms with E-state index in [9.17, 15) is 10.1 Å². The fourth-order valence-corrected chi connectivity index (χ4v) is 3.50. The van der Waals surface area contributed by atoms with Gasteiger partial charge in [-0.1, -0.05) is 30.3 Å². The van der Waals surface area contributed by atoms with E-state index in [1.54, 1.807) is 19.1 Å². The van der Waals surface area contributed by atoms with Crippen molar-refractivity contribution in [2.75, 3.05) is 18.0 Å². The van der Waals surface area contributed by atoms with Gasteiger partial charge < -0.3 is 4.90 Å². The first-order chi connectivity index (χ1) is 11.7. The number of carbonyl (C=O) groups is 1. The number of nitriles is 1. The Kier molecular flexibility index (Phi) is 4.96. The van der Waals surface area contributed by atoms with E-state index in [-0.39, 0.29) is 5.78 Å². The maximum Gasteiger partial charge on any atom is 0.159 e. The SMILES string of the molecule is CC(=O)c1ccc(C#N)c(N2CCCC(c3ccccc3)CC2)c1. The summed E-state index contributed by atoms with van der Waals surface area (Å²) in [6.07, 6.45) is 3.32. The molecule has 0 N–H and O–H groups in total. The summed E-state index contributed by atoms with van der Waals surface area (Å²) in [4.78, 5) is 14.0. The highest BCUT2D eigenvalue weighted by Gasteiger charge is 2.20. The molecule has 3 rings (SSSR count). The predicted molar refractivity (Wildman–Crippen MR) is 96.4 cm³/mol. The minimum absolute atomic E-state index is 0.0396. The zero-order chi connectivity index (χ0) is 16.9. The van der Waals surface area contributed by atoms with Crippen LogP contribution in [0.1, 0.15) is 53.6 Å². The number of rotatable bonds is 3. The van der Waals surface area contributed by atoms with Crippen molar-refractivity contribution in [1.29, 1.82) is 5.26 Å². The van der Waals surface area contributed by atoms with Crippen LogP contribution in [0, 0.1) is 11.3 Å². The Balaban J connectivity index is 1.82. The lowest BCUT2D eigenvalue weighted by Crippen LogP contribution is -2.25. The zero-order valence-electron chi connectivity index (χ0n) is 14.0. The van der Waals surface area contributed by atoms with Gasteiger partial charge in [0, 0.05) is 18.7 Å². The standard InChI is InChI=1S/C21H22N2O/c1-16(24)19-9-10-20(15-22)21(14-19)23-12-5-8-18(11-13-23)17-6-3-2-4-7-17/h2-4,6-7,9-10,14,18H,5,8,11-13H2,1H3. The van der Waals surface area contributed by atoms with Crippen molar-refractivity contribution in [3.63, 3.8) is 0 Å². The number of hydrogen-bond donors (Lipinski definition) is 0. The van der Waals surface area contributed by atoms with Crippen LogP contribution in [-0.4, -0.2) is 18.9 Å². The normalized spacial score (nSPS) is 17.8. The van der Waals surface area contributed by atoms with Gasteiger partial charge in [0.15, 0.2) is 5.78 Å². The van der Waals surface area contributed by atoms with Crippen LogP contribution in [0.4, 0.5) is 5.69 Å². The first-order valence-electron chi connectivity index (χ1n) is 8.54. The molecule has 1 aliphatic heterocycles. The highest BCUT2D eigenvalue weighted by molar-refractivity contribution is 5.95. The maximum atomic E-state index is 11.7. The third kappa shape index (κ3) is 3.49. The lowest BCUT2D eigenvalue weighted by atomic mass is 9.92. The van der Waals surface area contributed by atoms with E-state index in [1.807, 2.05) is 6.07 Å². The van der Waals surface area contributed by atoms with Gasteiger partial charge in [0.25, 0.3) is 0 Å². The van der Waals surface area contributed by atoms with Gasteiger partial charge in [0.1, 0.15) is 6.07 Å². The fourth-order valence-electron chi connectivity index (χ4n) is 3.50. The summed E-state index contributed by atoms with van der Waals surface area (Å²) in [6, 6.07) is 18.3. The minimum Gasteiger partial charge on any atom is -0.370 e. The van der Waals surface area contributed by atoms with Gasteiger partial charge >= 0.3 is 0 Å². The second kappa shape index (κ2) is 7.31. The average Bonchev–Trinajstić information content (AvgIpc) is 2.88. The van der Waals surface area contributed by atoms with Crippen LogP contribution in [0.3, 0.4) is 0 Å². The number of hydrogen-bond acceptors (Lipinski definition) is 3. The van der Waals surface area contributed by atoms with E-state index >= 15 is 0 Å². The highest BCUT2D eigenvalue weighted by atomic mass is 16.1. The Bertz CT molecular complexity index is 761. The van der Waals surface area contributed by atoms with Gasteiger partial charge in [-0.2, -0.15) is 5.26 Å². The summed E-state index contributed by atoms with van der Waals surface area (Å²) in [5, 5.41) is 9.42. The Hall–Kier alpha value is -2.60. The number of carbonyl (C=O) groups excluding carboxylic acids is 1. The van der Waals surface area contributed by atoms with Crippen molar-refractivity contribution < 1.29 is 4.79 Å². The summed E-state index contributed by atoms with van der Waals surface area (Å²) in [5.41, 5.74) is 3.63.